The molecule has 3 unspecified atom stereocenters. The van der Waals surface area contributed by atoms with Crippen LogP contribution in [0, 0.1) is 5.92 Å². The van der Waals surface area contributed by atoms with Gasteiger partial charge in [0.25, 0.3) is 0 Å². The smallest absolute Gasteiger partial charge is 0.374 e. The molecule has 1 N–H and O–H groups in total. The quantitative estimate of drug-likeness (QED) is 0.253. The van der Waals surface area contributed by atoms with Crippen molar-refractivity contribution in [2.45, 2.75) is 70.1 Å². The summed E-state index contributed by atoms with van der Waals surface area (Å²) >= 11 is 0. The maximum Gasteiger partial charge on any atom is 0.471 e. The zero-order valence-electron chi connectivity index (χ0n) is 21.6. The number of allylic oxidation sites excluding steroid dienone is 1. The zero-order valence-corrected chi connectivity index (χ0v) is 21.6. The van der Waals surface area contributed by atoms with Gasteiger partial charge in [0.2, 0.25) is 0 Å². The normalized spacial score (nSPS) is 23.6. The summed E-state index contributed by atoms with van der Waals surface area (Å²) in [5.74, 6) is -2.61. The Bertz CT molecular complexity index is 973. The predicted octanol–water partition coefficient (Wildman–Crippen LogP) is 5.57. The van der Waals surface area contributed by atoms with E-state index in [2.05, 4.69) is 11.9 Å². The monoisotopic (exact) mass is 535 g/mol. The Kier molecular flexibility index (Phi) is 11.8. The summed E-state index contributed by atoms with van der Waals surface area (Å²) in [5, 5.41) is 2.09. The maximum atomic E-state index is 13.2. The molecule has 6 nitrogen and oxygen atoms in total. The van der Waals surface area contributed by atoms with E-state index < -0.39 is 42.5 Å². The number of rotatable bonds is 14. The molecule has 0 aromatic heterocycles. The Morgan fingerprint density at radius 3 is 2.24 bits per heavy atom. The highest BCUT2D eigenvalue weighted by Gasteiger charge is 2.49. The van der Waals surface area contributed by atoms with E-state index >= 15 is 0 Å². The Hall–Kier alpha value is -2.72. The molecule has 1 fully saturated rings. The summed E-state index contributed by atoms with van der Waals surface area (Å²) in [7, 11) is 0. The first-order chi connectivity index (χ1) is 18.3. The minimum Gasteiger partial charge on any atom is -0.374 e. The number of ether oxygens (including phenoxy) is 4. The molecule has 2 aromatic rings. The van der Waals surface area contributed by atoms with Crippen LogP contribution in [0.1, 0.15) is 37.3 Å². The molecule has 0 saturated carbocycles. The number of nitrogens with one attached hydrogen (secondary N) is 1. The number of halogens is 3. The fraction of sp³-hybridized carbons (Fsp3) is 0.483. The van der Waals surface area contributed by atoms with Crippen LogP contribution in [0.15, 0.2) is 73.3 Å². The molecular weight excluding hydrogens is 499 g/mol. The van der Waals surface area contributed by atoms with Crippen LogP contribution in [0.25, 0.3) is 0 Å². The molecule has 2 aromatic carbocycles. The average Bonchev–Trinajstić information content (AvgIpc) is 2.90. The molecule has 0 spiro atoms. The van der Waals surface area contributed by atoms with Crippen molar-refractivity contribution in [2.75, 3.05) is 13.2 Å². The number of alkyl halides is 3. The van der Waals surface area contributed by atoms with Crippen molar-refractivity contribution in [2.24, 2.45) is 5.92 Å². The standard InChI is InChI=1S/C29H36F3NO5/c1-3-4-5-12-17-36-27-25(33-28(34)29(30,31)32)21(2)26(37-19-23-15-10-7-11-16-23)24(38-27)20-35-18-22-13-8-6-9-14-22/h3,6-11,13-16,21,24-27H,1,4-5,12,17-20H2,2H3,(H,33,34)/t21-,24?,25?,26-,27?/m1/s1. The first-order valence-electron chi connectivity index (χ1n) is 12.8. The summed E-state index contributed by atoms with van der Waals surface area (Å²) in [6.07, 6.45) is -3.35. The lowest BCUT2D eigenvalue weighted by molar-refractivity contribution is -0.271. The second kappa shape index (κ2) is 15.0. The Labute approximate surface area is 222 Å². The van der Waals surface area contributed by atoms with Crippen molar-refractivity contribution in [1.82, 2.24) is 5.32 Å². The van der Waals surface area contributed by atoms with Gasteiger partial charge in [-0.05, 0) is 30.4 Å². The van der Waals surface area contributed by atoms with E-state index in [4.69, 9.17) is 18.9 Å². The van der Waals surface area contributed by atoms with Crippen LogP contribution in [0.2, 0.25) is 0 Å². The van der Waals surface area contributed by atoms with Gasteiger partial charge in [-0.2, -0.15) is 13.2 Å². The van der Waals surface area contributed by atoms with Gasteiger partial charge in [-0.1, -0.05) is 73.7 Å². The number of carbonyl (C=O) groups is 1. The minimum absolute atomic E-state index is 0.134. The molecule has 1 amide bonds. The lowest BCUT2D eigenvalue weighted by Gasteiger charge is -2.45. The first-order valence-corrected chi connectivity index (χ1v) is 12.8. The van der Waals surface area contributed by atoms with Crippen LogP contribution in [-0.4, -0.2) is 49.8 Å². The van der Waals surface area contributed by atoms with Crippen molar-refractivity contribution in [1.29, 1.82) is 0 Å². The molecule has 208 valence electrons. The van der Waals surface area contributed by atoms with Gasteiger partial charge in [0.1, 0.15) is 6.10 Å². The largest absolute Gasteiger partial charge is 0.471 e. The summed E-state index contributed by atoms with van der Waals surface area (Å²) in [4.78, 5) is 11.9. The predicted molar refractivity (Wildman–Crippen MR) is 137 cm³/mol. The average molecular weight is 536 g/mol. The highest BCUT2D eigenvalue weighted by atomic mass is 19.4. The molecule has 0 aliphatic carbocycles. The second-order valence-corrected chi connectivity index (χ2v) is 9.32. The van der Waals surface area contributed by atoms with Crippen LogP contribution in [0.4, 0.5) is 13.2 Å². The number of hydrogen-bond donors (Lipinski definition) is 1. The molecule has 5 atom stereocenters. The van der Waals surface area contributed by atoms with Crippen LogP contribution in [0.3, 0.4) is 0 Å². The zero-order chi connectivity index (χ0) is 27.4. The maximum absolute atomic E-state index is 13.2. The molecule has 38 heavy (non-hydrogen) atoms. The molecule has 1 aliphatic rings. The topological polar surface area (TPSA) is 66.0 Å². The summed E-state index contributed by atoms with van der Waals surface area (Å²) < 4.78 is 63.7. The number of hydrogen-bond acceptors (Lipinski definition) is 5. The summed E-state index contributed by atoms with van der Waals surface area (Å²) in [6.45, 7) is 6.37. The second-order valence-electron chi connectivity index (χ2n) is 9.32. The van der Waals surface area contributed by atoms with Crippen LogP contribution in [0.5, 0.6) is 0 Å². The van der Waals surface area contributed by atoms with E-state index in [1.54, 1.807) is 13.0 Å². The number of unbranched alkanes of at least 4 members (excludes halogenated alkanes) is 2. The molecule has 1 heterocycles. The van der Waals surface area contributed by atoms with E-state index in [0.29, 0.717) is 13.0 Å². The first kappa shape index (κ1) is 29.8. The van der Waals surface area contributed by atoms with E-state index in [-0.39, 0.29) is 19.8 Å². The fourth-order valence-corrected chi connectivity index (χ4v) is 4.32. The van der Waals surface area contributed by atoms with Gasteiger partial charge in [-0.3, -0.25) is 4.79 Å². The Morgan fingerprint density at radius 1 is 1.00 bits per heavy atom. The van der Waals surface area contributed by atoms with Crippen molar-refractivity contribution < 1.29 is 36.9 Å². The van der Waals surface area contributed by atoms with Crippen LogP contribution in [-0.2, 0) is 37.0 Å². The van der Waals surface area contributed by atoms with Gasteiger partial charge in [-0.15, -0.1) is 6.58 Å². The molecule has 0 bridgehead atoms. The lowest BCUT2D eigenvalue weighted by Crippen LogP contribution is -2.63. The highest BCUT2D eigenvalue weighted by molar-refractivity contribution is 5.82. The lowest BCUT2D eigenvalue weighted by atomic mass is 9.88. The molecule has 3 rings (SSSR count). The molecular formula is C29H36F3NO5. The van der Waals surface area contributed by atoms with E-state index in [0.717, 1.165) is 24.0 Å². The van der Waals surface area contributed by atoms with Crippen molar-refractivity contribution >= 4 is 5.91 Å². The van der Waals surface area contributed by atoms with Gasteiger partial charge >= 0.3 is 12.1 Å². The van der Waals surface area contributed by atoms with Crippen LogP contribution < -0.4 is 5.32 Å². The summed E-state index contributed by atoms with van der Waals surface area (Å²) in [6, 6.07) is 18.0. The van der Waals surface area contributed by atoms with E-state index in [1.165, 1.54) is 0 Å². The fourth-order valence-electron chi connectivity index (χ4n) is 4.32. The Morgan fingerprint density at radius 2 is 1.63 bits per heavy atom. The van der Waals surface area contributed by atoms with Crippen LogP contribution >= 0.6 is 0 Å². The third-order valence-corrected chi connectivity index (χ3v) is 6.37. The third-order valence-electron chi connectivity index (χ3n) is 6.37. The third kappa shape index (κ3) is 9.23. The highest BCUT2D eigenvalue weighted by Crippen LogP contribution is 2.31. The van der Waals surface area contributed by atoms with E-state index in [9.17, 15) is 18.0 Å². The molecule has 1 saturated heterocycles. The summed E-state index contributed by atoms with van der Waals surface area (Å²) in [5.41, 5.74) is 1.88. The van der Waals surface area contributed by atoms with Gasteiger partial charge < -0.3 is 24.3 Å². The minimum atomic E-state index is -5.04. The van der Waals surface area contributed by atoms with Gasteiger partial charge in [0.15, 0.2) is 6.29 Å². The van der Waals surface area contributed by atoms with Crippen molar-refractivity contribution in [3.05, 3.63) is 84.4 Å². The molecule has 0 radical (unpaired) electrons. The van der Waals surface area contributed by atoms with Gasteiger partial charge in [0.05, 0.1) is 32.0 Å². The molecule has 1 aliphatic heterocycles. The van der Waals surface area contributed by atoms with Crippen molar-refractivity contribution in [3.63, 3.8) is 0 Å². The van der Waals surface area contributed by atoms with Crippen molar-refractivity contribution in [3.8, 4) is 0 Å². The van der Waals surface area contributed by atoms with Gasteiger partial charge in [-0.25, -0.2) is 0 Å². The Balaban J connectivity index is 1.76. The molecule has 9 heteroatoms. The number of benzene rings is 2. The SMILES string of the molecule is C=CCCCCOC1OC(COCc2ccccc2)[C@H](OCc2ccccc2)[C@H](C)C1NC(=O)C(F)(F)F. The number of carbonyl (C=O) groups excluding carboxylic acids is 1. The van der Waals surface area contributed by atoms with Gasteiger partial charge in [0, 0.05) is 12.5 Å². The number of amides is 1. The van der Waals surface area contributed by atoms with E-state index in [1.807, 2.05) is 60.7 Å².